The summed E-state index contributed by atoms with van der Waals surface area (Å²) in [7, 11) is 0. The van der Waals surface area contributed by atoms with Crippen molar-refractivity contribution in [2.45, 2.75) is 20.8 Å². The van der Waals surface area contributed by atoms with E-state index in [1.54, 1.807) is 6.92 Å². The number of aryl methyl sites for hydroxylation is 2. The summed E-state index contributed by atoms with van der Waals surface area (Å²) in [6, 6.07) is 3.76. The molecule has 90 valence electrons. The van der Waals surface area contributed by atoms with Gasteiger partial charge in [0.05, 0.1) is 6.61 Å². The maximum absolute atomic E-state index is 11.7. The Hall–Kier alpha value is -1.29. The number of fused-ring (bicyclic) bond motifs is 1. The SMILES string of the molecule is CCOC(=O)c1oc2ccc(Br)c(C)c2c1C. The van der Waals surface area contributed by atoms with Gasteiger partial charge in [0.15, 0.2) is 0 Å². The first-order chi connectivity index (χ1) is 8.06. The summed E-state index contributed by atoms with van der Waals surface area (Å²) in [5.74, 6) is -0.111. The van der Waals surface area contributed by atoms with Crippen molar-refractivity contribution in [3.8, 4) is 0 Å². The maximum Gasteiger partial charge on any atom is 0.374 e. The van der Waals surface area contributed by atoms with Gasteiger partial charge in [0, 0.05) is 15.4 Å². The molecule has 0 aliphatic heterocycles. The van der Waals surface area contributed by atoms with Crippen LogP contribution in [-0.2, 0) is 4.74 Å². The van der Waals surface area contributed by atoms with Crippen LogP contribution in [0.25, 0.3) is 11.0 Å². The van der Waals surface area contributed by atoms with Gasteiger partial charge in [-0.05, 0) is 38.5 Å². The van der Waals surface area contributed by atoms with Crippen molar-refractivity contribution in [1.82, 2.24) is 0 Å². The summed E-state index contributed by atoms with van der Waals surface area (Å²) in [4.78, 5) is 11.7. The monoisotopic (exact) mass is 296 g/mol. The number of hydrogen-bond donors (Lipinski definition) is 0. The van der Waals surface area contributed by atoms with E-state index in [0.717, 1.165) is 21.0 Å². The number of esters is 1. The third-order valence-corrected chi connectivity index (χ3v) is 3.61. The van der Waals surface area contributed by atoms with Crippen molar-refractivity contribution >= 4 is 32.9 Å². The molecule has 2 aromatic rings. The fourth-order valence-corrected chi connectivity index (χ4v) is 2.23. The Labute approximate surface area is 108 Å². The normalized spacial score (nSPS) is 10.8. The molecule has 1 aromatic heterocycles. The quantitative estimate of drug-likeness (QED) is 0.787. The van der Waals surface area contributed by atoms with Crippen LogP contribution < -0.4 is 0 Å². The number of hydrogen-bond acceptors (Lipinski definition) is 3. The number of furan rings is 1. The number of carbonyl (C=O) groups excluding carboxylic acids is 1. The molecular formula is C13H13BrO3. The molecular weight excluding hydrogens is 284 g/mol. The lowest BCUT2D eigenvalue weighted by Gasteiger charge is -2.00. The Morgan fingerprint density at radius 1 is 1.35 bits per heavy atom. The minimum atomic E-state index is -0.406. The van der Waals surface area contributed by atoms with E-state index in [9.17, 15) is 4.79 Å². The Balaban J connectivity index is 2.65. The molecule has 0 spiro atoms. The second-order valence-corrected chi connectivity index (χ2v) is 4.68. The number of carbonyl (C=O) groups is 1. The minimum Gasteiger partial charge on any atom is -0.460 e. The van der Waals surface area contributed by atoms with E-state index in [-0.39, 0.29) is 0 Å². The van der Waals surface area contributed by atoms with Crippen molar-refractivity contribution in [1.29, 1.82) is 0 Å². The Morgan fingerprint density at radius 3 is 2.71 bits per heavy atom. The summed E-state index contributed by atoms with van der Waals surface area (Å²) in [6.07, 6.45) is 0. The lowest BCUT2D eigenvalue weighted by Crippen LogP contribution is -2.04. The van der Waals surface area contributed by atoms with Gasteiger partial charge in [0.25, 0.3) is 0 Å². The second-order valence-electron chi connectivity index (χ2n) is 3.82. The smallest absolute Gasteiger partial charge is 0.374 e. The van der Waals surface area contributed by atoms with Crippen LogP contribution in [0.15, 0.2) is 21.0 Å². The molecule has 0 bridgehead atoms. The maximum atomic E-state index is 11.7. The highest BCUT2D eigenvalue weighted by atomic mass is 79.9. The van der Waals surface area contributed by atoms with Gasteiger partial charge in [-0.25, -0.2) is 4.79 Å². The van der Waals surface area contributed by atoms with Gasteiger partial charge in [0.2, 0.25) is 5.76 Å². The van der Waals surface area contributed by atoms with Crippen LogP contribution in [-0.4, -0.2) is 12.6 Å². The van der Waals surface area contributed by atoms with Gasteiger partial charge in [-0.3, -0.25) is 0 Å². The van der Waals surface area contributed by atoms with Crippen molar-refractivity contribution < 1.29 is 13.9 Å². The summed E-state index contributed by atoms with van der Waals surface area (Å²) in [6.45, 7) is 5.98. The molecule has 3 nitrogen and oxygen atoms in total. The second kappa shape index (κ2) is 4.53. The topological polar surface area (TPSA) is 39.4 Å². The molecule has 0 radical (unpaired) electrons. The Kier molecular flexibility index (Phi) is 3.24. The van der Waals surface area contributed by atoms with E-state index in [1.807, 2.05) is 26.0 Å². The van der Waals surface area contributed by atoms with Crippen LogP contribution in [0.5, 0.6) is 0 Å². The molecule has 17 heavy (non-hydrogen) atoms. The van der Waals surface area contributed by atoms with E-state index in [1.165, 1.54) is 0 Å². The molecule has 0 amide bonds. The van der Waals surface area contributed by atoms with E-state index in [0.29, 0.717) is 18.0 Å². The number of rotatable bonds is 2. The van der Waals surface area contributed by atoms with Crippen LogP contribution in [0.1, 0.15) is 28.6 Å². The van der Waals surface area contributed by atoms with Gasteiger partial charge in [-0.2, -0.15) is 0 Å². The molecule has 0 saturated heterocycles. The number of halogens is 1. The number of ether oxygens (including phenoxy) is 1. The summed E-state index contributed by atoms with van der Waals surface area (Å²) < 4.78 is 11.5. The van der Waals surface area contributed by atoms with Gasteiger partial charge >= 0.3 is 5.97 Å². The highest BCUT2D eigenvalue weighted by Gasteiger charge is 2.20. The van der Waals surface area contributed by atoms with E-state index < -0.39 is 5.97 Å². The van der Waals surface area contributed by atoms with Crippen LogP contribution in [0.3, 0.4) is 0 Å². The summed E-state index contributed by atoms with van der Waals surface area (Å²) in [5, 5.41) is 0.974. The minimum absolute atomic E-state index is 0.294. The first-order valence-electron chi connectivity index (χ1n) is 5.41. The van der Waals surface area contributed by atoms with Crippen molar-refractivity contribution in [2.24, 2.45) is 0 Å². The van der Waals surface area contributed by atoms with Gasteiger partial charge < -0.3 is 9.15 Å². The van der Waals surface area contributed by atoms with Crippen molar-refractivity contribution in [3.63, 3.8) is 0 Å². The zero-order valence-electron chi connectivity index (χ0n) is 9.96. The van der Waals surface area contributed by atoms with Crippen LogP contribution in [0, 0.1) is 13.8 Å². The molecule has 2 rings (SSSR count). The van der Waals surface area contributed by atoms with Crippen molar-refractivity contribution in [3.05, 3.63) is 33.5 Å². The first-order valence-corrected chi connectivity index (χ1v) is 6.20. The molecule has 4 heteroatoms. The molecule has 0 aliphatic rings. The van der Waals surface area contributed by atoms with Gasteiger partial charge in [-0.15, -0.1) is 0 Å². The third-order valence-electron chi connectivity index (χ3n) is 2.75. The molecule has 1 heterocycles. The predicted molar refractivity (Wildman–Crippen MR) is 69.3 cm³/mol. The fraction of sp³-hybridized carbons (Fsp3) is 0.308. The number of benzene rings is 1. The zero-order chi connectivity index (χ0) is 12.6. The van der Waals surface area contributed by atoms with E-state index in [4.69, 9.17) is 9.15 Å². The fourth-order valence-electron chi connectivity index (χ4n) is 1.90. The lowest BCUT2D eigenvalue weighted by molar-refractivity contribution is 0.0491. The van der Waals surface area contributed by atoms with Crippen LogP contribution in [0.2, 0.25) is 0 Å². The van der Waals surface area contributed by atoms with Crippen LogP contribution >= 0.6 is 15.9 Å². The lowest BCUT2D eigenvalue weighted by atomic mass is 10.1. The molecule has 1 aromatic carbocycles. The first kappa shape index (κ1) is 12.2. The Morgan fingerprint density at radius 2 is 2.06 bits per heavy atom. The van der Waals surface area contributed by atoms with Crippen LogP contribution in [0.4, 0.5) is 0 Å². The van der Waals surface area contributed by atoms with Crippen molar-refractivity contribution in [2.75, 3.05) is 6.61 Å². The largest absolute Gasteiger partial charge is 0.460 e. The molecule has 0 fully saturated rings. The third kappa shape index (κ3) is 1.97. The predicted octanol–water partition coefficient (Wildman–Crippen LogP) is 3.99. The van der Waals surface area contributed by atoms with Gasteiger partial charge in [0.1, 0.15) is 5.58 Å². The molecule has 0 N–H and O–H groups in total. The average molecular weight is 297 g/mol. The van der Waals surface area contributed by atoms with E-state index >= 15 is 0 Å². The highest BCUT2D eigenvalue weighted by Crippen LogP contribution is 2.32. The standard InChI is InChI=1S/C13H13BrO3/c1-4-16-13(15)12-8(3)11-7(2)9(14)5-6-10(11)17-12/h5-6H,4H2,1-3H3. The zero-order valence-corrected chi connectivity index (χ0v) is 11.6. The van der Waals surface area contributed by atoms with E-state index in [2.05, 4.69) is 15.9 Å². The molecule has 0 atom stereocenters. The molecule has 0 saturated carbocycles. The summed E-state index contributed by atoms with van der Waals surface area (Å²) in [5.41, 5.74) is 2.61. The van der Waals surface area contributed by atoms with Gasteiger partial charge in [-0.1, -0.05) is 15.9 Å². The molecule has 0 unspecified atom stereocenters. The summed E-state index contributed by atoms with van der Waals surface area (Å²) >= 11 is 3.47. The highest BCUT2D eigenvalue weighted by molar-refractivity contribution is 9.10. The average Bonchev–Trinajstić information content (AvgIpc) is 2.62. The Bertz CT molecular complexity index is 584. The molecule has 0 aliphatic carbocycles.